The van der Waals surface area contributed by atoms with Crippen molar-refractivity contribution in [3.63, 3.8) is 0 Å². The molecule has 1 unspecified atom stereocenters. The van der Waals surface area contributed by atoms with Crippen LogP contribution in [-0.2, 0) is 16.0 Å². The molecule has 5 nitrogen and oxygen atoms in total. The van der Waals surface area contributed by atoms with Crippen molar-refractivity contribution in [3.8, 4) is 5.75 Å². The summed E-state index contributed by atoms with van der Waals surface area (Å²) in [5, 5.41) is 12.7. The number of methoxy groups -OCH3 is 2. The quantitative estimate of drug-likeness (QED) is 0.537. The highest BCUT2D eigenvalue weighted by Crippen LogP contribution is 2.17. The fourth-order valence-corrected chi connectivity index (χ4v) is 1.75. The summed E-state index contributed by atoms with van der Waals surface area (Å²) >= 11 is 0. The topological polar surface area (TPSA) is 67.8 Å². The van der Waals surface area contributed by atoms with Crippen LogP contribution in [0, 0.1) is 0 Å². The molecule has 0 radical (unpaired) electrons. The SMILES string of the molecule is COC(=O)CC(O)CNCCc1ccccc1OC. The van der Waals surface area contributed by atoms with Crippen LogP contribution < -0.4 is 10.1 Å². The van der Waals surface area contributed by atoms with E-state index in [1.54, 1.807) is 7.11 Å². The molecular formula is C14H21NO4. The van der Waals surface area contributed by atoms with Gasteiger partial charge in [-0.25, -0.2) is 0 Å². The van der Waals surface area contributed by atoms with Crippen molar-refractivity contribution >= 4 is 5.97 Å². The molecule has 1 rings (SSSR count). The Bertz CT molecular complexity index is 395. The Kier molecular flexibility index (Phi) is 6.92. The minimum absolute atomic E-state index is 0.0121. The number of ether oxygens (including phenoxy) is 2. The van der Waals surface area contributed by atoms with Crippen LogP contribution in [0.3, 0.4) is 0 Å². The number of aliphatic hydroxyl groups excluding tert-OH is 1. The molecule has 0 amide bonds. The molecule has 5 heteroatoms. The first kappa shape index (κ1) is 15.5. The first-order chi connectivity index (χ1) is 9.17. The summed E-state index contributed by atoms with van der Waals surface area (Å²) in [5.74, 6) is 0.457. The van der Waals surface area contributed by atoms with E-state index in [1.807, 2.05) is 24.3 Å². The summed E-state index contributed by atoms with van der Waals surface area (Å²) in [6.45, 7) is 1.07. The molecule has 0 saturated heterocycles. The highest BCUT2D eigenvalue weighted by atomic mass is 16.5. The standard InChI is InChI=1S/C14H21NO4/c1-18-13-6-4-3-5-11(13)7-8-15-10-12(16)9-14(17)19-2/h3-6,12,15-16H,7-10H2,1-2H3. The number of carbonyl (C=O) groups is 1. The van der Waals surface area contributed by atoms with E-state index in [4.69, 9.17) is 4.74 Å². The zero-order chi connectivity index (χ0) is 14.1. The largest absolute Gasteiger partial charge is 0.496 e. The number of para-hydroxylation sites is 1. The normalized spacial score (nSPS) is 11.9. The number of nitrogens with one attached hydrogen (secondary N) is 1. The monoisotopic (exact) mass is 267 g/mol. The van der Waals surface area contributed by atoms with Crippen LogP contribution in [0.5, 0.6) is 5.75 Å². The average molecular weight is 267 g/mol. The number of esters is 1. The van der Waals surface area contributed by atoms with Gasteiger partial charge in [0.15, 0.2) is 0 Å². The van der Waals surface area contributed by atoms with Gasteiger partial charge in [-0.05, 0) is 24.6 Å². The summed E-state index contributed by atoms with van der Waals surface area (Å²) < 4.78 is 9.74. The molecule has 0 aliphatic carbocycles. The minimum atomic E-state index is -0.717. The Labute approximate surface area is 113 Å². The summed E-state index contributed by atoms with van der Waals surface area (Å²) in [6.07, 6.45) is 0.0951. The molecule has 1 aromatic carbocycles. The summed E-state index contributed by atoms with van der Waals surface area (Å²) in [5.41, 5.74) is 1.11. The molecule has 1 aromatic rings. The number of benzene rings is 1. The first-order valence-electron chi connectivity index (χ1n) is 6.25. The number of aliphatic hydroxyl groups is 1. The Morgan fingerprint density at radius 3 is 2.79 bits per heavy atom. The van der Waals surface area contributed by atoms with Crippen molar-refractivity contribution in [1.29, 1.82) is 0 Å². The van der Waals surface area contributed by atoms with E-state index >= 15 is 0 Å². The van der Waals surface area contributed by atoms with Gasteiger partial charge in [-0.15, -0.1) is 0 Å². The van der Waals surface area contributed by atoms with Crippen LogP contribution >= 0.6 is 0 Å². The van der Waals surface area contributed by atoms with Gasteiger partial charge in [0.2, 0.25) is 0 Å². The Morgan fingerprint density at radius 2 is 2.11 bits per heavy atom. The summed E-state index contributed by atoms with van der Waals surface area (Å²) in [7, 11) is 2.95. The number of rotatable bonds is 8. The summed E-state index contributed by atoms with van der Waals surface area (Å²) in [6, 6.07) is 7.81. The molecule has 19 heavy (non-hydrogen) atoms. The van der Waals surface area contributed by atoms with Crippen LogP contribution in [0.25, 0.3) is 0 Å². The van der Waals surface area contributed by atoms with E-state index < -0.39 is 12.1 Å². The van der Waals surface area contributed by atoms with Gasteiger partial charge >= 0.3 is 5.97 Å². The summed E-state index contributed by atoms with van der Waals surface area (Å²) in [4.78, 5) is 10.9. The molecular weight excluding hydrogens is 246 g/mol. The van der Waals surface area contributed by atoms with Crippen molar-refractivity contribution in [1.82, 2.24) is 5.32 Å². The van der Waals surface area contributed by atoms with Crippen LogP contribution in [-0.4, -0.2) is 44.5 Å². The highest BCUT2D eigenvalue weighted by Gasteiger charge is 2.10. The van der Waals surface area contributed by atoms with Crippen molar-refractivity contribution in [2.24, 2.45) is 0 Å². The Hall–Kier alpha value is -1.59. The third-order valence-electron chi connectivity index (χ3n) is 2.77. The van der Waals surface area contributed by atoms with E-state index in [2.05, 4.69) is 10.1 Å². The van der Waals surface area contributed by atoms with Gasteiger partial charge < -0.3 is 19.9 Å². The van der Waals surface area contributed by atoms with Crippen molar-refractivity contribution < 1.29 is 19.4 Å². The van der Waals surface area contributed by atoms with Gasteiger partial charge in [-0.2, -0.15) is 0 Å². The number of carbonyl (C=O) groups excluding carboxylic acids is 1. The van der Waals surface area contributed by atoms with Gasteiger partial charge in [-0.1, -0.05) is 18.2 Å². The van der Waals surface area contributed by atoms with E-state index in [0.717, 1.165) is 17.7 Å². The molecule has 0 aliphatic heterocycles. The number of hydrogen-bond donors (Lipinski definition) is 2. The second-order valence-electron chi connectivity index (χ2n) is 4.20. The van der Waals surface area contributed by atoms with Gasteiger partial charge in [0.25, 0.3) is 0 Å². The van der Waals surface area contributed by atoms with Crippen molar-refractivity contribution in [2.45, 2.75) is 18.9 Å². The lowest BCUT2D eigenvalue weighted by Crippen LogP contribution is -2.30. The zero-order valence-electron chi connectivity index (χ0n) is 11.4. The second kappa shape index (κ2) is 8.50. The molecule has 0 aromatic heterocycles. The van der Waals surface area contributed by atoms with Gasteiger partial charge in [0.05, 0.1) is 26.7 Å². The molecule has 0 aliphatic rings. The zero-order valence-corrected chi connectivity index (χ0v) is 11.4. The molecule has 0 spiro atoms. The Morgan fingerprint density at radius 1 is 1.37 bits per heavy atom. The molecule has 106 valence electrons. The third kappa shape index (κ3) is 5.72. The van der Waals surface area contributed by atoms with E-state index in [-0.39, 0.29) is 6.42 Å². The fourth-order valence-electron chi connectivity index (χ4n) is 1.75. The smallest absolute Gasteiger partial charge is 0.308 e. The van der Waals surface area contributed by atoms with Gasteiger partial charge in [0, 0.05) is 6.54 Å². The molecule has 0 fully saturated rings. The van der Waals surface area contributed by atoms with Gasteiger partial charge in [-0.3, -0.25) is 4.79 Å². The molecule has 0 saturated carbocycles. The maximum Gasteiger partial charge on any atom is 0.308 e. The van der Waals surface area contributed by atoms with E-state index in [1.165, 1.54) is 7.11 Å². The average Bonchev–Trinajstić information content (AvgIpc) is 2.43. The molecule has 1 atom stereocenters. The fraction of sp³-hybridized carbons (Fsp3) is 0.500. The predicted octanol–water partition coefficient (Wildman–Crippen LogP) is 0.751. The highest BCUT2D eigenvalue weighted by molar-refractivity contribution is 5.69. The third-order valence-corrected chi connectivity index (χ3v) is 2.77. The van der Waals surface area contributed by atoms with Gasteiger partial charge in [0.1, 0.15) is 5.75 Å². The lowest BCUT2D eigenvalue weighted by Gasteiger charge is -2.11. The van der Waals surface area contributed by atoms with Crippen LogP contribution in [0.1, 0.15) is 12.0 Å². The van der Waals surface area contributed by atoms with E-state index in [9.17, 15) is 9.90 Å². The van der Waals surface area contributed by atoms with Crippen molar-refractivity contribution in [3.05, 3.63) is 29.8 Å². The maximum absolute atomic E-state index is 10.9. The maximum atomic E-state index is 10.9. The second-order valence-corrected chi connectivity index (χ2v) is 4.20. The molecule has 0 heterocycles. The number of hydrogen-bond acceptors (Lipinski definition) is 5. The van der Waals surface area contributed by atoms with Crippen molar-refractivity contribution in [2.75, 3.05) is 27.3 Å². The Balaban J connectivity index is 2.25. The lowest BCUT2D eigenvalue weighted by molar-refractivity contribution is -0.142. The van der Waals surface area contributed by atoms with Crippen LogP contribution in [0.2, 0.25) is 0 Å². The van der Waals surface area contributed by atoms with Crippen LogP contribution in [0.4, 0.5) is 0 Å². The first-order valence-corrected chi connectivity index (χ1v) is 6.25. The minimum Gasteiger partial charge on any atom is -0.496 e. The lowest BCUT2D eigenvalue weighted by atomic mass is 10.1. The molecule has 0 bridgehead atoms. The van der Waals surface area contributed by atoms with E-state index in [0.29, 0.717) is 13.1 Å². The van der Waals surface area contributed by atoms with Crippen LogP contribution in [0.15, 0.2) is 24.3 Å². The predicted molar refractivity (Wildman–Crippen MR) is 72.2 cm³/mol. The molecule has 2 N–H and O–H groups in total.